The molecule has 3 heteroatoms. The van der Waals surface area contributed by atoms with Gasteiger partial charge in [0.25, 0.3) is 0 Å². The summed E-state index contributed by atoms with van der Waals surface area (Å²) in [5, 5.41) is 4.60. The molecule has 21 heavy (non-hydrogen) atoms. The van der Waals surface area contributed by atoms with Crippen molar-refractivity contribution < 1.29 is 9.53 Å². The van der Waals surface area contributed by atoms with E-state index >= 15 is 0 Å². The van der Waals surface area contributed by atoms with Gasteiger partial charge in [0, 0.05) is 17.2 Å². The molecule has 3 aromatic rings. The zero-order valence-electron chi connectivity index (χ0n) is 11.7. The minimum Gasteiger partial charge on any atom is -0.445 e. The van der Waals surface area contributed by atoms with Crippen LogP contribution < -0.4 is 0 Å². The molecule has 0 saturated carbocycles. The van der Waals surface area contributed by atoms with E-state index in [1.54, 1.807) is 0 Å². The Bertz CT molecular complexity index is 811. The van der Waals surface area contributed by atoms with Crippen molar-refractivity contribution >= 4 is 38.6 Å². The number of carbonyl (C=O) groups is 1. The van der Waals surface area contributed by atoms with Crippen LogP contribution in [0.4, 0.5) is 4.79 Å². The van der Waals surface area contributed by atoms with E-state index in [2.05, 4.69) is 30.3 Å². The maximum atomic E-state index is 11.1. The van der Waals surface area contributed by atoms with Crippen LogP contribution in [0.5, 0.6) is 0 Å². The Morgan fingerprint density at radius 1 is 1.05 bits per heavy atom. The summed E-state index contributed by atoms with van der Waals surface area (Å²) >= 11 is 5.39. The number of carbonyl (C=O) groups excluding carboxylic acids is 1. The Labute approximate surface area is 128 Å². The van der Waals surface area contributed by atoms with Gasteiger partial charge in [-0.2, -0.15) is 0 Å². The quantitative estimate of drug-likeness (QED) is 0.450. The maximum Gasteiger partial charge on any atom is 0.404 e. The summed E-state index contributed by atoms with van der Waals surface area (Å²) in [5.41, 5.74) is 0.231. The van der Waals surface area contributed by atoms with E-state index in [0.29, 0.717) is 6.42 Å². The highest BCUT2D eigenvalue weighted by atomic mass is 35.5. The summed E-state index contributed by atoms with van der Waals surface area (Å²) in [7, 11) is 0. The third-order valence-electron chi connectivity index (χ3n) is 3.73. The molecule has 0 radical (unpaired) electrons. The molecular formula is C18H15ClO2. The van der Waals surface area contributed by atoms with Crippen LogP contribution in [-0.2, 0) is 4.74 Å². The normalized spacial score (nSPS) is 12.5. The summed E-state index contributed by atoms with van der Waals surface area (Å²) in [6, 6.07) is 18.6. The fraction of sp³-hybridized carbons (Fsp3) is 0.167. The predicted octanol–water partition coefficient (Wildman–Crippen LogP) is 5.82. The minimum atomic E-state index is -0.764. The van der Waals surface area contributed by atoms with Crippen LogP contribution in [-0.4, -0.2) is 5.43 Å². The van der Waals surface area contributed by atoms with E-state index in [-0.39, 0.29) is 6.10 Å². The highest BCUT2D eigenvalue weighted by Crippen LogP contribution is 2.32. The zero-order chi connectivity index (χ0) is 14.8. The molecule has 0 aromatic heterocycles. The lowest BCUT2D eigenvalue weighted by atomic mass is 9.96. The molecule has 0 aliphatic carbocycles. The average molecular weight is 299 g/mol. The number of fused-ring (bicyclic) bond motifs is 2. The topological polar surface area (TPSA) is 26.3 Å². The SMILES string of the molecule is CCC(OC(=O)Cl)c1cccc2cc3ccccc3cc12. The second-order valence-electron chi connectivity index (χ2n) is 5.02. The van der Waals surface area contributed by atoms with Crippen LogP contribution in [0.15, 0.2) is 54.6 Å². The van der Waals surface area contributed by atoms with Crippen LogP contribution in [0.1, 0.15) is 25.0 Å². The standard InChI is InChI=1S/C18H15ClO2/c1-2-17(21-18(19)20)15-9-5-8-14-10-12-6-3-4-7-13(12)11-16(14)15/h3-11,17H,2H2,1H3. The molecule has 1 atom stereocenters. The van der Waals surface area contributed by atoms with Gasteiger partial charge in [-0.05, 0) is 40.1 Å². The van der Waals surface area contributed by atoms with E-state index in [1.807, 2.05) is 31.2 Å². The lowest BCUT2D eigenvalue weighted by molar-refractivity contribution is 0.120. The fourth-order valence-electron chi connectivity index (χ4n) is 2.75. The molecule has 106 valence electrons. The first kappa shape index (κ1) is 13.9. The molecular weight excluding hydrogens is 284 g/mol. The number of benzene rings is 3. The fourth-order valence-corrected chi connectivity index (χ4v) is 2.86. The van der Waals surface area contributed by atoms with Gasteiger partial charge in [-0.15, -0.1) is 0 Å². The van der Waals surface area contributed by atoms with Crippen molar-refractivity contribution in [3.8, 4) is 0 Å². The Hall–Kier alpha value is -2.06. The summed E-state index contributed by atoms with van der Waals surface area (Å²) < 4.78 is 5.23. The van der Waals surface area contributed by atoms with Crippen LogP contribution in [0.2, 0.25) is 0 Å². The number of hydrogen-bond donors (Lipinski definition) is 0. The molecule has 0 fully saturated rings. The third kappa shape index (κ3) is 2.72. The molecule has 2 nitrogen and oxygen atoms in total. The monoisotopic (exact) mass is 298 g/mol. The van der Waals surface area contributed by atoms with Crippen LogP contribution >= 0.6 is 11.6 Å². The lowest BCUT2D eigenvalue weighted by Gasteiger charge is -2.17. The van der Waals surface area contributed by atoms with E-state index in [1.165, 1.54) is 10.8 Å². The molecule has 0 heterocycles. The van der Waals surface area contributed by atoms with E-state index in [0.717, 1.165) is 16.3 Å². The van der Waals surface area contributed by atoms with Gasteiger partial charge in [0.1, 0.15) is 6.10 Å². The molecule has 0 aliphatic rings. The van der Waals surface area contributed by atoms with Gasteiger partial charge in [0.2, 0.25) is 0 Å². The molecule has 3 rings (SSSR count). The summed E-state index contributed by atoms with van der Waals surface area (Å²) in [4.78, 5) is 11.1. The Kier molecular flexibility index (Phi) is 3.80. The van der Waals surface area contributed by atoms with E-state index < -0.39 is 5.43 Å². The third-order valence-corrected chi connectivity index (χ3v) is 3.82. The summed E-state index contributed by atoms with van der Waals surface area (Å²) in [6.45, 7) is 1.98. The predicted molar refractivity (Wildman–Crippen MR) is 86.8 cm³/mol. The second-order valence-corrected chi connectivity index (χ2v) is 5.33. The first-order valence-corrected chi connectivity index (χ1v) is 7.34. The number of hydrogen-bond acceptors (Lipinski definition) is 2. The molecule has 0 N–H and O–H groups in total. The maximum absolute atomic E-state index is 11.1. The first-order valence-electron chi connectivity index (χ1n) is 6.96. The van der Waals surface area contributed by atoms with Crippen LogP contribution in [0, 0.1) is 0 Å². The molecule has 0 spiro atoms. The molecule has 0 amide bonds. The van der Waals surface area contributed by atoms with Gasteiger partial charge < -0.3 is 4.74 Å². The van der Waals surface area contributed by atoms with Crippen molar-refractivity contribution in [3.63, 3.8) is 0 Å². The number of ether oxygens (including phenoxy) is 1. The molecule has 1 unspecified atom stereocenters. The highest BCUT2D eigenvalue weighted by Gasteiger charge is 2.16. The van der Waals surface area contributed by atoms with Crippen LogP contribution in [0.3, 0.4) is 0 Å². The van der Waals surface area contributed by atoms with E-state index in [9.17, 15) is 4.79 Å². The number of halogens is 1. The van der Waals surface area contributed by atoms with Gasteiger partial charge in [-0.3, -0.25) is 0 Å². The van der Waals surface area contributed by atoms with Gasteiger partial charge >= 0.3 is 5.43 Å². The molecule has 0 bridgehead atoms. The van der Waals surface area contributed by atoms with Crippen LogP contribution in [0.25, 0.3) is 21.5 Å². The largest absolute Gasteiger partial charge is 0.445 e. The smallest absolute Gasteiger partial charge is 0.404 e. The van der Waals surface area contributed by atoms with Gasteiger partial charge in [-0.1, -0.05) is 49.4 Å². The van der Waals surface area contributed by atoms with Crippen molar-refractivity contribution in [2.24, 2.45) is 0 Å². The van der Waals surface area contributed by atoms with Crippen molar-refractivity contribution in [2.75, 3.05) is 0 Å². The number of rotatable bonds is 3. The summed E-state index contributed by atoms with van der Waals surface area (Å²) in [6.07, 6.45) is 0.365. The average Bonchev–Trinajstić information content (AvgIpc) is 2.50. The van der Waals surface area contributed by atoms with Crippen molar-refractivity contribution in [3.05, 3.63) is 60.2 Å². The van der Waals surface area contributed by atoms with Crippen molar-refractivity contribution in [1.82, 2.24) is 0 Å². The minimum absolute atomic E-state index is 0.320. The highest BCUT2D eigenvalue weighted by molar-refractivity contribution is 6.61. The molecule has 0 aliphatic heterocycles. The lowest BCUT2D eigenvalue weighted by Crippen LogP contribution is -2.05. The molecule has 3 aromatic carbocycles. The van der Waals surface area contributed by atoms with Gasteiger partial charge in [-0.25, -0.2) is 4.79 Å². The Morgan fingerprint density at radius 3 is 2.38 bits per heavy atom. The van der Waals surface area contributed by atoms with Crippen molar-refractivity contribution in [2.45, 2.75) is 19.4 Å². The van der Waals surface area contributed by atoms with Gasteiger partial charge in [0.15, 0.2) is 0 Å². The second kappa shape index (κ2) is 5.74. The Morgan fingerprint density at radius 2 is 1.71 bits per heavy atom. The molecule has 0 saturated heterocycles. The van der Waals surface area contributed by atoms with E-state index in [4.69, 9.17) is 16.3 Å². The summed E-state index contributed by atoms with van der Waals surface area (Å²) in [5.74, 6) is 0. The van der Waals surface area contributed by atoms with Crippen molar-refractivity contribution in [1.29, 1.82) is 0 Å². The Balaban J connectivity index is 2.22. The first-order chi connectivity index (χ1) is 10.2. The zero-order valence-corrected chi connectivity index (χ0v) is 12.4. The van der Waals surface area contributed by atoms with Gasteiger partial charge in [0.05, 0.1) is 0 Å².